The van der Waals surface area contributed by atoms with Crippen LogP contribution in [0.3, 0.4) is 0 Å². The van der Waals surface area contributed by atoms with Crippen LogP contribution in [0.15, 0.2) is 43.1 Å². The number of primary amides is 1. The summed E-state index contributed by atoms with van der Waals surface area (Å²) < 4.78 is 8.69. The average Bonchev–Trinajstić information content (AvgIpc) is 3.59. The number of nitrogens with two attached hydrogens (primary N) is 1. The molecular weight excluding hydrogens is 514 g/mol. The molecule has 10 nitrogen and oxygen atoms in total. The minimum Gasteiger partial charge on any atom is -0.522 e. The maximum Gasteiger partial charge on any atom is 0.255 e. The van der Waals surface area contributed by atoms with E-state index in [9.17, 15) is 9.59 Å². The van der Waals surface area contributed by atoms with E-state index in [0.717, 1.165) is 23.7 Å². The van der Waals surface area contributed by atoms with Crippen molar-refractivity contribution in [1.82, 2.24) is 24.2 Å². The van der Waals surface area contributed by atoms with Gasteiger partial charge in [0.15, 0.2) is 5.69 Å². The second-order valence-electron chi connectivity index (χ2n) is 8.82. The number of halogens is 1. The van der Waals surface area contributed by atoms with E-state index in [4.69, 9.17) is 45.6 Å². The van der Waals surface area contributed by atoms with Crippen LogP contribution in [0.25, 0.3) is 11.0 Å². The van der Waals surface area contributed by atoms with Crippen LogP contribution in [0.4, 0.5) is 5.82 Å². The van der Waals surface area contributed by atoms with Gasteiger partial charge in [-0.3, -0.25) is 9.59 Å². The third kappa shape index (κ3) is 5.71. The van der Waals surface area contributed by atoms with Crippen LogP contribution in [0.1, 0.15) is 41.0 Å². The Bertz CT molecular complexity index is 1560. The highest BCUT2D eigenvalue weighted by Gasteiger charge is 2.35. The quantitative estimate of drug-likeness (QED) is 0.204. The smallest absolute Gasteiger partial charge is 0.255 e. The first-order chi connectivity index (χ1) is 18.5. The molecular formula is C25H23B3ClN7O3. The maximum absolute atomic E-state index is 12.5. The van der Waals surface area contributed by atoms with Gasteiger partial charge in [0.2, 0.25) is 5.91 Å². The molecule has 2 aromatic heterocycles. The van der Waals surface area contributed by atoms with Crippen molar-refractivity contribution >= 4 is 63.8 Å². The lowest BCUT2D eigenvalue weighted by molar-refractivity contribution is -0.123. The van der Waals surface area contributed by atoms with Crippen LogP contribution >= 0.6 is 11.6 Å². The number of allylic oxidation sites excluding steroid dienone is 1. The first-order valence-electron chi connectivity index (χ1n) is 11.9. The second-order valence-corrected chi connectivity index (χ2v) is 9.23. The Morgan fingerprint density at radius 1 is 1.36 bits per heavy atom. The zero-order valence-electron chi connectivity index (χ0n) is 21.4. The van der Waals surface area contributed by atoms with Gasteiger partial charge in [0.1, 0.15) is 34.9 Å². The molecule has 2 amide bonds. The molecule has 3 N–H and O–H groups in total. The highest BCUT2D eigenvalue weighted by Crippen LogP contribution is 2.34. The summed E-state index contributed by atoms with van der Waals surface area (Å²) in [4.78, 5) is 30.8. The molecule has 1 aromatic carbocycles. The van der Waals surface area contributed by atoms with Crippen molar-refractivity contribution in [3.63, 3.8) is 0 Å². The fourth-order valence-corrected chi connectivity index (χ4v) is 4.55. The van der Waals surface area contributed by atoms with Crippen LogP contribution in [-0.4, -0.2) is 78.5 Å². The second kappa shape index (κ2) is 11.0. The molecule has 0 spiro atoms. The van der Waals surface area contributed by atoms with E-state index in [2.05, 4.69) is 33.8 Å². The molecule has 0 saturated carbocycles. The van der Waals surface area contributed by atoms with E-state index in [-0.39, 0.29) is 30.1 Å². The normalized spacial score (nSPS) is 16.2. The number of imidazole rings is 1. The number of nitrogens with zero attached hydrogens (tertiary/aromatic N) is 5. The van der Waals surface area contributed by atoms with E-state index in [1.54, 1.807) is 30.2 Å². The molecule has 192 valence electrons. The van der Waals surface area contributed by atoms with Gasteiger partial charge in [-0.15, -0.1) is 0 Å². The highest BCUT2D eigenvalue weighted by molar-refractivity contribution is 6.58. The Morgan fingerprint density at radius 3 is 2.72 bits per heavy atom. The van der Waals surface area contributed by atoms with Crippen molar-refractivity contribution in [3.8, 4) is 11.8 Å². The molecule has 1 atom stereocenters. The van der Waals surface area contributed by atoms with E-state index >= 15 is 0 Å². The molecule has 0 aliphatic carbocycles. The standard InChI is InChI=1S/C25H23B3ClN7O3/c1-4-21(37)35-11-15(9-16(35)12-39-25(26,27)28)36-24(31-3)22(23(30)38)18(33-36)7-6-14-8-19-20(10-17(14)29)34(5-2)13-32-19/h4,8,10,12-13,15,31H,1,5,9,11H2,2-3H3,(H2,30,38)/b16-12+/t15-/m0/s1. The minimum absolute atomic E-state index is 0.0950. The number of hydrogen-bond donors (Lipinski definition) is 2. The van der Waals surface area contributed by atoms with Gasteiger partial charge in [-0.05, 0) is 36.4 Å². The molecule has 3 heterocycles. The number of nitrogens with one attached hydrogen (secondary N) is 1. The number of carbonyl (C=O) groups is 2. The van der Waals surface area contributed by atoms with Gasteiger partial charge in [-0.25, -0.2) is 9.67 Å². The first kappa shape index (κ1) is 28.0. The Hall–Kier alpha value is -4.04. The van der Waals surface area contributed by atoms with Crippen LogP contribution < -0.4 is 11.1 Å². The van der Waals surface area contributed by atoms with E-state index in [0.29, 0.717) is 22.1 Å². The first-order valence-corrected chi connectivity index (χ1v) is 12.3. The summed E-state index contributed by atoms with van der Waals surface area (Å²) in [6, 6.07) is 3.14. The summed E-state index contributed by atoms with van der Waals surface area (Å²) in [7, 11) is 18.1. The van der Waals surface area contributed by atoms with Crippen molar-refractivity contribution < 1.29 is 14.3 Å². The van der Waals surface area contributed by atoms with Crippen LogP contribution in [-0.2, 0) is 16.1 Å². The number of benzene rings is 1. The third-order valence-corrected chi connectivity index (χ3v) is 6.44. The number of amides is 2. The third-order valence-electron chi connectivity index (χ3n) is 6.13. The van der Waals surface area contributed by atoms with Crippen molar-refractivity contribution in [1.29, 1.82) is 0 Å². The highest BCUT2D eigenvalue weighted by atomic mass is 35.5. The Kier molecular flexibility index (Phi) is 7.88. The van der Waals surface area contributed by atoms with Gasteiger partial charge in [0.25, 0.3) is 5.91 Å². The average molecular weight is 537 g/mol. The van der Waals surface area contributed by atoms with Gasteiger partial charge in [0, 0.05) is 32.1 Å². The van der Waals surface area contributed by atoms with Gasteiger partial charge in [-0.2, -0.15) is 5.10 Å². The number of aromatic nitrogens is 4. The lowest BCUT2D eigenvalue weighted by Gasteiger charge is -2.22. The van der Waals surface area contributed by atoms with Crippen LogP contribution in [0.5, 0.6) is 0 Å². The maximum atomic E-state index is 12.5. The van der Waals surface area contributed by atoms with Crippen molar-refractivity contribution in [2.24, 2.45) is 5.73 Å². The number of hydrogen-bond acceptors (Lipinski definition) is 6. The summed E-state index contributed by atoms with van der Waals surface area (Å²) in [5.41, 5.74) is 8.53. The molecule has 4 rings (SSSR count). The molecule has 1 aliphatic heterocycles. The van der Waals surface area contributed by atoms with Gasteiger partial charge < -0.3 is 25.3 Å². The zero-order valence-corrected chi connectivity index (χ0v) is 22.2. The number of likely N-dealkylation sites (tertiary alicyclic amines) is 1. The Morgan fingerprint density at radius 2 is 2.10 bits per heavy atom. The fraction of sp³-hybridized carbons (Fsp3) is 0.280. The molecule has 0 bridgehead atoms. The SMILES string of the molecule is [B]C([B])([B])O/C=C1\C[C@H](n2nc(C#Cc3cc4ncn(CC)c4cc3Cl)c(C(N)=O)c2NC)CN1C(=O)C=C. The van der Waals surface area contributed by atoms with Gasteiger partial charge >= 0.3 is 0 Å². The topological polar surface area (TPSA) is 120 Å². The number of carbonyl (C=O) groups excluding carboxylic acids is 2. The van der Waals surface area contributed by atoms with Crippen LogP contribution in [0, 0.1) is 11.8 Å². The summed E-state index contributed by atoms with van der Waals surface area (Å²) in [5, 5.41) is 6.05. The fourth-order valence-electron chi connectivity index (χ4n) is 4.34. The predicted octanol–water partition coefficient (Wildman–Crippen LogP) is 1.38. The molecule has 6 radical (unpaired) electrons. The summed E-state index contributed by atoms with van der Waals surface area (Å²) in [6.45, 7) is 6.47. The minimum atomic E-state index is -1.93. The number of anilines is 1. The molecule has 39 heavy (non-hydrogen) atoms. The summed E-state index contributed by atoms with van der Waals surface area (Å²) in [6.07, 6.45) is 4.38. The lowest BCUT2D eigenvalue weighted by atomic mass is 9.52. The van der Waals surface area contributed by atoms with Crippen LogP contribution in [0.2, 0.25) is 5.02 Å². The van der Waals surface area contributed by atoms with E-state index in [1.807, 2.05) is 11.5 Å². The summed E-state index contributed by atoms with van der Waals surface area (Å²) in [5.74, 6) is 5.14. The molecule has 1 saturated heterocycles. The lowest BCUT2D eigenvalue weighted by Crippen LogP contribution is -2.33. The Balaban J connectivity index is 1.75. The number of aryl methyl sites for hydroxylation is 1. The van der Waals surface area contributed by atoms with E-state index in [1.165, 1.54) is 11.2 Å². The predicted molar refractivity (Wildman–Crippen MR) is 151 cm³/mol. The molecule has 1 aliphatic rings. The zero-order chi connectivity index (χ0) is 28.5. The van der Waals surface area contributed by atoms with E-state index < -0.39 is 17.2 Å². The van der Waals surface area contributed by atoms with Gasteiger partial charge in [-0.1, -0.05) is 24.1 Å². The summed E-state index contributed by atoms with van der Waals surface area (Å²) >= 11 is 6.50. The largest absolute Gasteiger partial charge is 0.522 e. The van der Waals surface area contributed by atoms with Crippen molar-refractivity contribution in [2.75, 3.05) is 18.9 Å². The molecule has 0 unspecified atom stereocenters. The monoisotopic (exact) mass is 537 g/mol. The molecule has 3 aromatic rings. The molecule has 1 fully saturated rings. The number of fused-ring (bicyclic) bond motifs is 1. The van der Waals surface area contributed by atoms with Crippen molar-refractivity contribution in [2.45, 2.75) is 31.2 Å². The molecule has 14 heteroatoms. The number of rotatable bonds is 7. The number of ether oxygens (including phenoxy) is 1. The Labute approximate surface area is 234 Å². The van der Waals surface area contributed by atoms with Crippen molar-refractivity contribution in [3.05, 3.63) is 64.9 Å². The van der Waals surface area contributed by atoms with Gasteiger partial charge in [0.05, 0.1) is 40.4 Å².